The van der Waals surface area contributed by atoms with Crippen molar-refractivity contribution in [1.29, 1.82) is 0 Å². The van der Waals surface area contributed by atoms with Crippen LogP contribution in [-0.4, -0.2) is 53.2 Å². The lowest BCUT2D eigenvalue weighted by atomic mass is 9.85. The van der Waals surface area contributed by atoms with Gasteiger partial charge in [-0.05, 0) is 22.7 Å². The Kier molecular flexibility index (Phi) is 4.44. The molecule has 1 aliphatic carbocycles. The number of hydrogen-bond donors (Lipinski definition) is 2. The SMILES string of the molecule is CC(C)(C)[C@@H](CN1C[C@H]2[C@@H]([C@H]1C(=O)O)C2(C)C)NC(=O)C(F)(F)F. The lowest BCUT2D eigenvalue weighted by Crippen LogP contribution is -2.56. The first-order chi connectivity index (χ1) is 10.7. The second-order valence-corrected chi connectivity index (χ2v) is 8.58. The first-order valence-corrected chi connectivity index (χ1v) is 8.02. The van der Waals surface area contributed by atoms with Crippen LogP contribution in [0.25, 0.3) is 0 Å². The highest BCUT2D eigenvalue weighted by atomic mass is 19.4. The van der Waals surface area contributed by atoms with Gasteiger partial charge in [-0.2, -0.15) is 13.2 Å². The fourth-order valence-corrected chi connectivity index (χ4v) is 3.86. The molecule has 1 saturated carbocycles. The number of carbonyl (C=O) groups is 2. The molecule has 5 nitrogen and oxygen atoms in total. The number of fused-ring (bicyclic) bond motifs is 1. The van der Waals surface area contributed by atoms with Gasteiger partial charge in [0, 0.05) is 19.1 Å². The minimum atomic E-state index is -4.95. The second kappa shape index (κ2) is 5.61. The van der Waals surface area contributed by atoms with Gasteiger partial charge in [0.25, 0.3) is 0 Å². The number of rotatable bonds is 4. The highest BCUT2D eigenvalue weighted by Crippen LogP contribution is 2.64. The molecular formula is C16H25F3N2O3. The molecule has 138 valence electrons. The van der Waals surface area contributed by atoms with E-state index in [0.29, 0.717) is 6.54 Å². The summed E-state index contributed by atoms with van der Waals surface area (Å²) in [5.74, 6) is -2.70. The summed E-state index contributed by atoms with van der Waals surface area (Å²) in [6.07, 6.45) is -4.95. The zero-order valence-corrected chi connectivity index (χ0v) is 14.6. The molecule has 1 amide bonds. The Morgan fingerprint density at radius 2 is 1.83 bits per heavy atom. The number of piperidine rings is 1. The Morgan fingerprint density at radius 1 is 1.29 bits per heavy atom. The van der Waals surface area contributed by atoms with Crippen molar-refractivity contribution in [3.8, 4) is 0 Å². The van der Waals surface area contributed by atoms with Gasteiger partial charge in [-0.1, -0.05) is 34.6 Å². The van der Waals surface area contributed by atoms with E-state index in [1.54, 1.807) is 25.7 Å². The Balaban J connectivity index is 2.13. The Hall–Kier alpha value is -1.31. The molecule has 1 heterocycles. The fourth-order valence-electron chi connectivity index (χ4n) is 3.86. The van der Waals surface area contributed by atoms with Gasteiger partial charge >= 0.3 is 18.1 Å². The standard InChI is InChI=1S/C16H25F3N2O3/c1-14(2,3)9(20-13(24)16(17,18)19)7-21-6-8-10(15(8,4)5)11(21)12(22)23/h8-11H,6-7H2,1-5H3,(H,20,24)(H,22,23)/t8-,9+,10-,11-/m0/s1. The van der Waals surface area contributed by atoms with Crippen LogP contribution in [-0.2, 0) is 9.59 Å². The molecule has 0 unspecified atom stereocenters. The fraction of sp³-hybridized carbons (Fsp3) is 0.875. The monoisotopic (exact) mass is 350 g/mol. The molecular weight excluding hydrogens is 325 g/mol. The predicted octanol–water partition coefficient (Wildman–Crippen LogP) is 2.12. The minimum Gasteiger partial charge on any atom is -0.480 e. The van der Waals surface area contributed by atoms with Gasteiger partial charge in [-0.25, -0.2) is 0 Å². The van der Waals surface area contributed by atoms with Crippen LogP contribution in [0.5, 0.6) is 0 Å². The van der Waals surface area contributed by atoms with Gasteiger partial charge in [0.1, 0.15) is 6.04 Å². The maximum absolute atomic E-state index is 12.6. The Morgan fingerprint density at radius 3 is 2.25 bits per heavy atom. The molecule has 1 aliphatic heterocycles. The van der Waals surface area contributed by atoms with E-state index >= 15 is 0 Å². The molecule has 0 aromatic heterocycles. The molecule has 2 N–H and O–H groups in total. The van der Waals surface area contributed by atoms with Crippen LogP contribution in [0.1, 0.15) is 34.6 Å². The summed E-state index contributed by atoms with van der Waals surface area (Å²) in [6, 6.07) is -1.51. The van der Waals surface area contributed by atoms with E-state index in [9.17, 15) is 27.9 Å². The number of alkyl halides is 3. The zero-order chi connectivity index (χ0) is 18.7. The quantitative estimate of drug-likeness (QED) is 0.815. The Labute approximate surface area is 139 Å². The van der Waals surface area contributed by atoms with Crippen LogP contribution in [0, 0.1) is 22.7 Å². The van der Waals surface area contributed by atoms with Crippen LogP contribution in [0.3, 0.4) is 0 Å². The molecule has 0 aromatic carbocycles. The predicted molar refractivity (Wildman–Crippen MR) is 81.2 cm³/mol. The maximum Gasteiger partial charge on any atom is 0.471 e. The van der Waals surface area contributed by atoms with E-state index in [-0.39, 0.29) is 23.8 Å². The number of amides is 1. The van der Waals surface area contributed by atoms with Crippen LogP contribution in [0.15, 0.2) is 0 Å². The third-order valence-corrected chi connectivity index (χ3v) is 5.58. The largest absolute Gasteiger partial charge is 0.480 e. The van der Waals surface area contributed by atoms with Crippen molar-refractivity contribution in [3.63, 3.8) is 0 Å². The molecule has 4 atom stereocenters. The average Bonchev–Trinajstić information content (AvgIpc) is 2.76. The van der Waals surface area contributed by atoms with E-state index in [1.165, 1.54) is 0 Å². The third-order valence-electron chi connectivity index (χ3n) is 5.58. The van der Waals surface area contributed by atoms with Gasteiger partial charge in [0.05, 0.1) is 0 Å². The topological polar surface area (TPSA) is 69.6 Å². The van der Waals surface area contributed by atoms with Crippen LogP contribution < -0.4 is 5.32 Å². The summed E-state index contributed by atoms with van der Waals surface area (Å²) < 4.78 is 37.7. The van der Waals surface area contributed by atoms with Gasteiger partial charge in [0.15, 0.2) is 0 Å². The van der Waals surface area contributed by atoms with Gasteiger partial charge in [-0.3, -0.25) is 14.5 Å². The number of likely N-dealkylation sites (tertiary alicyclic amines) is 1. The van der Waals surface area contributed by atoms with Crippen molar-refractivity contribution >= 4 is 11.9 Å². The zero-order valence-electron chi connectivity index (χ0n) is 14.6. The van der Waals surface area contributed by atoms with Gasteiger partial charge in [0.2, 0.25) is 0 Å². The van der Waals surface area contributed by atoms with E-state index < -0.39 is 35.6 Å². The molecule has 2 rings (SSSR count). The van der Waals surface area contributed by atoms with E-state index in [0.717, 1.165) is 0 Å². The van der Waals surface area contributed by atoms with Gasteiger partial charge in [-0.15, -0.1) is 0 Å². The Bertz CT molecular complexity index is 540. The normalized spacial score (nSPS) is 30.6. The number of carbonyl (C=O) groups excluding carboxylic acids is 1. The lowest BCUT2D eigenvalue weighted by Gasteiger charge is -2.37. The van der Waals surface area contributed by atoms with Crippen molar-refractivity contribution in [2.45, 2.75) is 52.9 Å². The molecule has 0 spiro atoms. The smallest absolute Gasteiger partial charge is 0.471 e. The van der Waals surface area contributed by atoms with Crippen LogP contribution in [0.2, 0.25) is 0 Å². The summed E-state index contributed by atoms with van der Waals surface area (Å²) >= 11 is 0. The molecule has 0 radical (unpaired) electrons. The maximum atomic E-state index is 12.6. The number of carboxylic acids is 1. The summed E-state index contributed by atoms with van der Waals surface area (Å²) in [5, 5.41) is 11.6. The molecule has 2 aliphatic rings. The van der Waals surface area contributed by atoms with E-state index in [1.807, 2.05) is 19.2 Å². The van der Waals surface area contributed by atoms with Crippen molar-refractivity contribution in [2.24, 2.45) is 22.7 Å². The number of hydrogen-bond acceptors (Lipinski definition) is 3. The molecule has 2 fully saturated rings. The summed E-state index contributed by atoms with van der Waals surface area (Å²) in [6.45, 7) is 9.83. The summed E-state index contributed by atoms with van der Waals surface area (Å²) in [4.78, 5) is 24.7. The average molecular weight is 350 g/mol. The highest BCUT2D eigenvalue weighted by Gasteiger charge is 2.68. The minimum absolute atomic E-state index is 0.00827. The van der Waals surface area contributed by atoms with Crippen molar-refractivity contribution in [3.05, 3.63) is 0 Å². The van der Waals surface area contributed by atoms with Crippen LogP contribution >= 0.6 is 0 Å². The van der Waals surface area contributed by atoms with E-state index in [4.69, 9.17) is 0 Å². The third kappa shape index (κ3) is 3.38. The second-order valence-electron chi connectivity index (χ2n) is 8.58. The molecule has 24 heavy (non-hydrogen) atoms. The molecule has 0 aromatic rings. The van der Waals surface area contributed by atoms with Crippen molar-refractivity contribution < 1.29 is 27.9 Å². The first-order valence-electron chi connectivity index (χ1n) is 8.02. The summed E-state index contributed by atoms with van der Waals surface area (Å²) in [7, 11) is 0. The number of nitrogens with one attached hydrogen (secondary N) is 1. The molecule has 1 saturated heterocycles. The number of nitrogens with zero attached hydrogens (tertiary/aromatic N) is 1. The molecule has 8 heteroatoms. The van der Waals surface area contributed by atoms with E-state index in [2.05, 4.69) is 0 Å². The number of carboxylic acid groups (broad SMARTS) is 1. The first kappa shape index (κ1) is 19.0. The van der Waals surface area contributed by atoms with Gasteiger partial charge < -0.3 is 10.4 Å². The van der Waals surface area contributed by atoms with Crippen molar-refractivity contribution in [1.82, 2.24) is 10.2 Å². The molecule has 0 bridgehead atoms. The summed E-state index contributed by atoms with van der Waals surface area (Å²) in [5.41, 5.74) is -0.682. The lowest BCUT2D eigenvalue weighted by molar-refractivity contribution is -0.175. The van der Waals surface area contributed by atoms with Crippen LogP contribution in [0.4, 0.5) is 13.2 Å². The number of aliphatic carboxylic acids is 1. The highest BCUT2D eigenvalue weighted by molar-refractivity contribution is 5.82. The number of halogens is 3. The van der Waals surface area contributed by atoms with Crippen molar-refractivity contribution in [2.75, 3.05) is 13.1 Å².